The number of rotatable bonds is 1. The molecule has 0 saturated carbocycles. The lowest BCUT2D eigenvalue weighted by molar-refractivity contribution is 0.419. The van der Waals surface area contributed by atoms with E-state index in [1.165, 1.54) is 0 Å². The van der Waals surface area contributed by atoms with Gasteiger partial charge in [0.15, 0.2) is 0 Å². The molecule has 0 unspecified atom stereocenters. The fourth-order valence-corrected chi connectivity index (χ4v) is 1.25. The Labute approximate surface area is 65.6 Å². The van der Waals surface area contributed by atoms with Crippen LogP contribution < -0.4 is 5.32 Å². The molecule has 1 aliphatic rings. The van der Waals surface area contributed by atoms with Gasteiger partial charge in [-0.2, -0.15) is 0 Å². The van der Waals surface area contributed by atoms with Crippen molar-refractivity contribution in [2.75, 3.05) is 13.1 Å². The monoisotopic (exact) mass is 152 g/mol. The zero-order chi connectivity index (χ0) is 7.84. The highest BCUT2D eigenvalue weighted by Crippen LogP contribution is 2.16. The standard InChI is InChI=1S/C7H12N4/c1-5-9-10-7(11(5)2)6-3-8-4-6/h6,8H,3-4H2,1-2H3. The van der Waals surface area contributed by atoms with Gasteiger partial charge >= 0.3 is 0 Å². The highest BCUT2D eigenvalue weighted by Gasteiger charge is 2.23. The second-order valence-electron chi connectivity index (χ2n) is 3.02. The maximum atomic E-state index is 4.11. The van der Waals surface area contributed by atoms with Gasteiger partial charge in [-0.3, -0.25) is 0 Å². The van der Waals surface area contributed by atoms with E-state index in [2.05, 4.69) is 20.1 Å². The molecule has 4 nitrogen and oxygen atoms in total. The Kier molecular flexibility index (Phi) is 1.42. The van der Waals surface area contributed by atoms with Gasteiger partial charge in [0.2, 0.25) is 0 Å². The maximum Gasteiger partial charge on any atom is 0.138 e. The van der Waals surface area contributed by atoms with Crippen molar-refractivity contribution in [3.05, 3.63) is 11.6 Å². The van der Waals surface area contributed by atoms with E-state index in [0.717, 1.165) is 24.7 Å². The minimum Gasteiger partial charge on any atom is -0.318 e. The Bertz CT molecular complexity index is 261. The van der Waals surface area contributed by atoms with Crippen molar-refractivity contribution in [1.29, 1.82) is 0 Å². The Morgan fingerprint density at radius 1 is 1.45 bits per heavy atom. The average Bonchev–Trinajstić information content (AvgIpc) is 2.15. The molecule has 2 rings (SSSR count). The van der Waals surface area contributed by atoms with Crippen LogP contribution in [0.2, 0.25) is 0 Å². The predicted octanol–water partition coefficient (Wildman–Crippen LogP) is -0.190. The largest absolute Gasteiger partial charge is 0.318 e. The normalized spacial score (nSPS) is 18.4. The summed E-state index contributed by atoms with van der Waals surface area (Å²) >= 11 is 0. The number of hydrogen-bond donors (Lipinski definition) is 1. The molecule has 11 heavy (non-hydrogen) atoms. The van der Waals surface area contributed by atoms with E-state index < -0.39 is 0 Å². The quantitative estimate of drug-likeness (QED) is 0.606. The van der Waals surface area contributed by atoms with Crippen LogP contribution in [0.25, 0.3) is 0 Å². The third-order valence-corrected chi connectivity index (χ3v) is 2.27. The summed E-state index contributed by atoms with van der Waals surface area (Å²) in [5, 5.41) is 11.3. The Balaban J connectivity index is 2.29. The Morgan fingerprint density at radius 3 is 2.55 bits per heavy atom. The minimum absolute atomic E-state index is 0.584. The van der Waals surface area contributed by atoms with Crippen molar-refractivity contribution in [3.63, 3.8) is 0 Å². The molecule has 1 saturated heterocycles. The SMILES string of the molecule is Cc1nnc(C2CNC2)n1C. The molecule has 0 amide bonds. The van der Waals surface area contributed by atoms with Gasteiger partial charge in [-0.25, -0.2) is 0 Å². The molecule has 0 spiro atoms. The van der Waals surface area contributed by atoms with Crippen LogP contribution >= 0.6 is 0 Å². The van der Waals surface area contributed by atoms with Crippen LogP contribution in [0, 0.1) is 6.92 Å². The molecule has 0 aliphatic carbocycles. The summed E-state index contributed by atoms with van der Waals surface area (Å²) in [6, 6.07) is 0. The second-order valence-corrected chi connectivity index (χ2v) is 3.02. The van der Waals surface area contributed by atoms with Crippen LogP contribution in [0.15, 0.2) is 0 Å². The van der Waals surface area contributed by atoms with Crippen molar-refractivity contribution in [2.24, 2.45) is 7.05 Å². The molecule has 0 bridgehead atoms. The summed E-state index contributed by atoms with van der Waals surface area (Å²) < 4.78 is 2.06. The van der Waals surface area contributed by atoms with E-state index >= 15 is 0 Å². The third kappa shape index (κ3) is 0.939. The minimum atomic E-state index is 0.584. The van der Waals surface area contributed by atoms with E-state index in [1.54, 1.807) is 0 Å². The summed E-state index contributed by atoms with van der Waals surface area (Å²) in [5.41, 5.74) is 0. The molecule has 60 valence electrons. The molecule has 0 radical (unpaired) electrons. The van der Waals surface area contributed by atoms with E-state index in [-0.39, 0.29) is 0 Å². The second kappa shape index (κ2) is 2.30. The summed E-state index contributed by atoms with van der Waals surface area (Å²) in [6.45, 7) is 4.07. The van der Waals surface area contributed by atoms with Gasteiger partial charge in [0.1, 0.15) is 11.6 Å². The number of hydrogen-bond acceptors (Lipinski definition) is 3. The van der Waals surface area contributed by atoms with Gasteiger partial charge in [-0.15, -0.1) is 10.2 Å². The summed E-state index contributed by atoms with van der Waals surface area (Å²) in [6.07, 6.45) is 0. The first-order valence-corrected chi connectivity index (χ1v) is 3.85. The molecular weight excluding hydrogens is 140 g/mol. The lowest BCUT2D eigenvalue weighted by Crippen LogP contribution is -2.41. The van der Waals surface area contributed by atoms with Gasteiger partial charge in [0.05, 0.1) is 0 Å². The Hall–Kier alpha value is -0.900. The molecular formula is C7H12N4. The van der Waals surface area contributed by atoms with Gasteiger partial charge in [0, 0.05) is 26.1 Å². The first-order valence-electron chi connectivity index (χ1n) is 3.85. The van der Waals surface area contributed by atoms with Gasteiger partial charge in [-0.05, 0) is 6.92 Å². The van der Waals surface area contributed by atoms with E-state index in [1.807, 2.05) is 14.0 Å². The van der Waals surface area contributed by atoms with Crippen molar-refractivity contribution in [3.8, 4) is 0 Å². The molecule has 4 heteroatoms. The smallest absolute Gasteiger partial charge is 0.138 e. The van der Waals surface area contributed by atoms with Crippen LogP contribution in [0.4, 0.5) is 0 Å². The zero-order valence-electron chi connectivity index (χ0n) is 6.83. The van der Waals surface area contributed by atoms with Gasteiger partial charge < -0.3 is 9.88 Å². The van der Waals surface area contributed by atoms with Gasteiger partial charge in [-0.1, -0.05) is 0 Å². The van der Waals surface area contributed by atoms with Crippen LogP contribution in [-0.2, 0) is 7.05 Å². The molecule has 0 atom stereocenters. The lowest BCUT2D eigenvalue weighted by atomic mass is 10.0. The van der Waals surface area contributed by atoms with Gasteiger partial charge in [0.25, 0.3) is 0 Å². The molecule has 1 N–H and O–H groups in total. The number of nitrogens with zero attached hydrogens (tertiary/aromatic N) is 3. The van der Waals surface area contributed by atoms with Crippen LogP contribution in [0.5, 0.6) is 0 Å². The van der Waals surface area contributed by atoms with Crippen molar-refractivity contribution < 1.29 is 0 Å². The highest BCUT2D eigenvalue weighted by molar-refractivity contribution is 5.05. The molecule has 1 fully saturated rings. The van der Waals surface area contributed by atoms with Crippen molar-refractivity contribution in [2.45, 2.75) is 12.8 Å². The van der Waals surface area contributed by atoms with Crippen molar-refractivity contribution >= 4 is 0 Å². The fourth-order valence-electron chi connectivity index (χ4n) is 1.25. The van der Waals surface area contributed by atoms with Crippen LogP contribution in [0.3, 0.4) is 0 Å². The van der Waals surface area contributed by atoms with E-state index in [4.69, 9.17) is 0 Å². The van der Waals surface area contributed by atoms with E-state index in [0.29, 0.717) is 5.92 Å². The number of aryl methyl sites for hydroxylation is 1. The zero-order valence-corrected chi connectivity index (χ0v) is 6.83. The molecule has 1 aromatic heterocycles. The molecule has 0 aromatic carbocycles. The van der Waals surface area contributed by atoms with Crippen LogP contribution in [-0.4, -0.2) is 27.9 Å². The summed E-state index contributed by atoms with van der Waals surface area (Å²) in [7, 11) is 2.02. The highest BCUT2D eigenvalue weighted by atomic mass is 15.3. The predicted molar refractivity (Wildman–Crippen MR) is 41.4 cm³/mol. The topological polar surface area (TPSA) is 42.7 Å². The third-order valence-electron chi connectivity index (χ3n) is 2.27. The van der Waals surface area contributed by atoms with E-state index in [9.17, 15) is 0 Å². The first kappa shape index (κ1) is 6.79. The molecule has 1 aliphatic heterocycles. The summed E-state index contributed by atoms with van der Waals surface area (Å²) in [4.78, 5) is 0. The van der Waals surface area contributed by atoms with Crippen LogP contribution in [0.1, 0.15) is 17.6 Å². The average molecular weight is 152 g/mol. The van der Waals surface area contributed by atoms with Crippen molar-refractivity contribution in [1.82, 2.24) is 20.1 Å². The fraction of sp³-hybridized carbons (Fsp3) is 0.714. The maximum absolute atomic E-state index is 4.11. The molecule has 2 heterocycles. The number of nitrogens with one attached hydrogen (secondary N) is 1. The molecule has 1 aromatic rings. The Morgan fingerprint density at radius 2 is 2.18 bits per heavy atom. The lowest BCUT2D eigenvalue weighted by Gasteiger charge is -2.25. The summed E-state index contributed by atoms with van der Waals surface area (Å²) in [5.74, 6) is 2.69. The first-order chi connectivity index (χ1) is 5.29. The number of aromatic nitrogens is 3.